The molecule has 0 radical (unpaired) electrons. The van der Waals surface area contributed by atoms with E-state index in [-0.39, 0.29) is 83.0 Å². The number of piperidine rings is 2. The van der Waals surface area contributed by atoms with Gasteiger partial charge in [-0.05, 0) is 176 Å². The van der Waals surface area contributed by atoms with Crippen LogP contribution in [0.2, 0.25) is 0 Å². The Morgan fingerprint density at radius 1 is 0.571 bits per heavy atom. The summed E-state index contributed by atoms with van der Waals surface area (Å²) in [6.07, 6.45) is 19.0. The second kappa shape index (κ2) is 26.9. The number of ether oxygens (including phenoxy) is 2. The third-order valence-corrected chi connectivity index (χ3v) is 19.9. The second-order valence-corrected chi connectivity index (χ2v) is 31.7. The number of aryl methyl sites for hydroxylation is 4. The molecule has 4 bridgehead atoms. The van der Waals surface area contributed by atoms with Gasteiger partial charge in [-0.15, -0.1) is 28.3 Å². The molecule has 10 aromatic rings. The van der Waals surface area contributed by atoms with E-state index in [2.05, 4.69) is 52.4 Å². The molecular weight excluding hydrogens is 1350 g/mol. The molecule has 0 aliphatic carbocycles. The number of carbonyl (C=O) groups is 2. The minimum Gasteiger partial charge on any atom is -0.444 e. The monoisotopic (exact) mass is 1440 g/mol. The molecule has 5 aliphatic heterocycles. The Balaban J connectivity index is 0.000000143. The number of pyridine rings is 4. The molecule has 27 heteroatoms. The van der Waals surface area contributed by atoms with E-state index in [0.717, 1.165) is 120 Å². The summed E-state index contributed by atoms with van der Waals surface area (Å²) in [5.74, 6) is 0. The molecule has 98 heavy (non-hydrogen) atoms. The number of fused-ring (bicyclic) bond motifs is 10. The van der Waals surface area contributed by atoms with Crippen molar-refractivity contribution in [3.8, 4) is 33.8 Å². The molecule has 0 spiro atoms. The molecule has 4 unspecified atom stereocenters. The second-order valence-electron chi connectivity index (χ2n) is 29.3. The van der Waals surface area contributed by atoms with E-state index in [1.165, 1.54) is 0 Å². The van der Waals surface area contributed by atoms with Gasteiger partial charge in [-0.1, -0.05) is 39.3 Å². The van der Waals surface area contributed by atoms with Gasteiger partial charge in [-0.3, -0.25) is 47.6 Å². The van der Waals surface area contributed by atoms with E-state index in [1.54, 1.807) is 58.1 Å². The lowest BCUT2D eigenvalue weighted by molar-refractivity contribution is 0.00185. The van der Waals surface area contributed by atoms with E-state index in [1.807, 2.05) is 182 Å². The van der Waals surface area contributed by atoms with Gasteiger partial charge in [-0.2, -0.15) is 5.10 Å². The predicted octanol–water partition coefficient (Wildman–Crippen LogP) is 13.2. The van der Waals surface area contributed by atoms with Gasteiger partial charge in [0, 0.05) is 115 Å². The minimum atomic E-state index is -0.547. The fraction of sp³-hybridized carbons (Fsp3) is 0.479. The summed E-state index contributed by atoms with van der Waals surface area (Å²) >= 11 is 13.6. The molecule has 8 aromatic heterocycles. The first-order valence-corrected chi connectivity index (χ1v) is 35.0. The summed E-state index contributed by atoms with van der Waals surface area (Å²) in [6.45, 7) is 21.2. The van der Waals surface area contributed by atoms with Crippen LogP contribution in [-0.4, -0.2) is 143 Å². The molecular formula is C71H85BBrCl2N15O8. The van der Waals surface area contributed by atoms with Crippen LogP contribution in [0.15, 0.2) is 118 Å². The minimum absolute atomic E-state index is 0.0282. The van der Waals surface area contributed by atoms with Crippen LogP contribution in [0.25, 0.3) is 77.6 Å². The number of hydrogen-bond donors (Lipinski definition) is 0. The molecule has 5 aliphatic rings. The lowest BCUT2D eigenvalue weighted by Crippen LogP contribution is -2.49. The number of imidazole rings is 2. The maximum Gasteiger partial charge on any atom is 0.496 e. The van der Waals surface area contributed by atoms with Crippen LogP contribution >= 0.6 is 39.1 Å². The number of halogens is 3. The van der Waals surface area contributed by atoms with E-state index >= 15 is 0 Å². The van der Waals surface area contributed by atoms with Crippen molar-refractivity contribution >= 4 is 108 Å². The van der Waals surface area contributed by atoms with Gasteiger partial charge < -0.3 is 28.6 Å². The Morgan fingerprint density at radius 2 is 1.04 bits per heavy atom. The zero-order chi connectivity index (χ0) is 70.2. The topological polar surface area (TPSA) is 231 Å². The van der Waals surface area contributed by atoms with Crippen LogP contribution in [0, 0.1) is 0 Å². The number of alkyl halides is 2. The van der Waals surface area contributed by atoms with Crippen molar-refractivity contribution in [2.24, 2.45) is 28.2 Å². The zero-order valence-corrected chi connectivity index (χ0v) is 61.3. The number of carbonyl (C=O) groups excluding carboxylic acids is 2. The standard InChI is InChI=1S/C31H34N8O3.C23H27BrN4O3.C15H20BN3O2.C2H4Cl2/c1-31(2,3)42-30(41)38-20-8-9-21(38)14-22(13-20)39-28-23-12-18(6-10-24(23)33-16-27(28)37(5)29(39)40)19-7-11-25(32-15-19)26-17-36(4)35-34-26;1-23(2,3)31-22(30)27-14-6-7-15(27)11-16(10-14)28-20-17-9-13(24)5-8-18(17)25-12-19(20)26(4)21(28)29;1-14(2)15(3,4)21-16(20-14)12-6-7-13(17-9-12)11-8-18-19(5)10-11;1-2(3)4/h6-7,10-12,15-17,20-22H,8-9,13-14H2,1-5H3;5,8-9,12,14-16H,6-7,10-11H2,1-4H3;6-10H,1-5H3;2H,1H3. The summed E-state index contributed by atoms with van der Waals surface area (Å²) < 4.78 is 35.1. The Morgan fingerprint density at radius 3 is 1.47 bits per heavy atom. The van der Waals surface area contributed by atoms with Crippen LogP contribution in [0.1, 0.15) is 140 Å². The van der Waals surface area contributed by atoms with E-state index in [0.29, 0.717) is 18.5 Å². The Labute approximate surface area is 588 Å². The van der Waals surface area contributed by atoms with E-state index in [4.69, 9.17) is 47.0 Å². The van der Waals surface area contributed by atoms with Gasteiger partial charge in [0.25, 0.3) is 0 Å². The summed E-state index contributed by atoms with van der Waals surface area (Å²) in [4.78, 5) is 75.0. The van der Waals surface area contributed by atoms with Crippen LogP contribution in [0.5, 0.6) is 0 Å². The Bertz CT molecular complexity index is 4710. The average Bonchev–Trinajstić information content (AvgIpc) is 1.56. The zero-order valence-electron chi connectivity index (χ0n) is 58.2. The molecule has 4 atom stereocenters. The first-order valence-electron chi connectivity index (χ1n) is 33.3. The highest BCUT2D eigenvalue weighted by atomic mass is 79.9. The highest BCUT2D eigenvalue weighted by molar-refractivity contribution is 9.10. The van der Waals surface area contributed by atoms with Gasteiger partial charge in [-0.25, -0.2) is 19.2 Å². The molecule has 2 amide bonds. The number of aromatic nitrogens is 13. The molecule has 0 saturated carbocycles. The number of nitrogens with zero attached hydrogens (tertiary/aromatic N) is 15. The summed E-state index contributed by atoms with van der Waals surface area (Å²) in [5.41, 5.74) is 9.53. The van der Waals surface area contributed by atoms with Crippen molar-refractivity contribution in [2.45, 2.75) is 191 Å². The summed E-state index contributed by atoms with van der Waals surface area (Å²) in [6, 6.07) is 20.3. The smallest absolute Gasteiger partial charge is 0.444 e. The number of rotatable bonds is 6. The number of amides is 2. The van der Waals surface area contributed by atoms with Crippen LogP contribution in [-0.2, 0) is 47.0 Å². The summed E-state index contributed by atoms with van der Waals surface area (Å²) in [5, 5.41) is 14.2. The van der Waals surface area contributed by atoms with Crippen LogP contribution < -0.4 is 16.8 Å². The van der Waals surface area contributed by atoms with Crippen LogP contribution in [0.4, 0.5) is 9.59 Å². The molecule has 516 valence electrons. The third-order valence-electron chi connectivity index (χ3n) is 19.4. The Hall–Kier alpha value is -7.97. The van der Waals surface area contributed by atoms with Crippen molar-refractivity contribution in [1.29, 1.82) is 0 Å². The van der Waals surface area contributed by atoms with Crippen molar-refractivity contribution in [2.75, 3.05) is 0 Å². The van der Waals surface area contributed by atoms with Crippen LogP contribution in [0.3, 0.4) is 0 Å². The summed E-state index contributed by atoms with van der Waals surface area (Å²) in [7, 11) is 6.95. The first-order chi connectivity index (χ1) is 46.2. The van der Waals surface area contributed by atoms with Gasteiger partial charge in [0.1, 0.15) is 21.7 Å². The van der Waals surface area contributed by atoms with Crippen molar-refractivity contribution in [3.05, 3.63) is 129 Å². The van der Waals surface area contributed by atoms with Gasteiger partial charge >= 0.3 is 30.7 Å². The quantitative estimate of drug-likeness (QED) is 0.111. The average molecular weight is 1440 g/mol. The first kappa shape index (κ1) is 69.9. The molecule has 2 aromatic carbocycles. The highest BCUT2D eigenvalue weighted by Crippen LogP contribution is 2.45. The lowest BCUT2D eigenvalue weighted by atomic mass is 9.80. The SMILES string of the molecule is CC(Cl)Cl.Cn1c(=O)n(C2CC3CCC(C2)N3C(=O)OC(C)(C)C)c2c3cc(Br)ccc3ncc21.Cn1cc(-c2ccc(-c3ccc4ncc5c(c4c3)n(C3CC4CCC(C3)N4C(=O)OC(C)(C)C)c(=O)n5C)cn2)nn1.Cn1cc(-c2ccc(B3OC(C)(C)C(C)(C)O3)cn2)cn1. The molecule has 15 rings (SSSR count). The van der Waals surface area contributed by atoms with Crippen molar-refractivity contribution in [3.63, 3.8) is 0 Å². The van der Waals surface area contributed by atoms with Crippen molar-refractivity contribution < 1.29 is 28.4 Å². The molecule has 5 fully saturated rings. The predicted molar refractivity (Wildman–Crippen MR) is 386 cm³/mol. The molecule has 0 N–H and O–H groups in total. The number of hydrogen-bond acceptors (Lipinski definition) is 15. The van der Waals surface area contributed by atoms with Gasteiger partial charge in [0.05, 0.1) is 80.5 Å². The molecule has 5 saturated heterocycles. The largest absolute Gasteiger partial charge is 0.496 e. The molecule has 23 nitrogen and oxygen atoms in total. The fourth-order valence-electron chi connectivity index (χ4n) is 14.3. The van der Waals surface area contributed by atoms with E-state index < -0.39 is 11.2 Å². The molecule has 13 heterocycles. The Kier molecular flexibility index (Phi) is 19.2. The maximum atomic E-state index is 13.8. The third kappa shape index (κ3) is 14.2. The van der Waals surface area contributed by atoms with Crippen molar-refractivity contribution in [1.82, 2.24) is 72.8 Å². The number of benzene rings is 2. The maximum absolute atomic E-state index is 13.8. The van der Waals surface area contributed by atoms with Gasteiger partial charge in [0.15, 0.2) is 0 Å². The van der Waals surface area contributed by atoms with E-state index in [9.17, 15) is 19.2 Å². The lowest BCUT2D eigenvalue weighted by Gasteiger charge is -2.39. The highest BCUT2D eigenvalue weighted by Gasteiger charge is 2.52. The van der Waals surface area contributed by atoms with Gasteiger partial charge in [0.2, 0.25) is 0 Å². The normalized spacial score (nSPS) is 20.9. The fourth-order valence-corrected chi connectivity index (χ4v) is 14.6.